The predicted molar refractivity (Wildman–Crippen MR) is 65.2 cm³/mol. The van der Waals surface area contributed by atoms with Crippen LogP contribution in [0.3, 0.4) is 0 Å². The highest BCUT2D eigenvalue weighted by Gasteiger charge is 2.07. The van der Waals surface area contributed by atoms with Gasteiger partial charge in [0.15, 0.2) is 5.16 Å². The molecule has 0 saturated heterocycles. The molecule has 0 unspecified atom stereocenters. The van der Waals surface area contributed by atoms with Gasteiger partial charge in [0.1, 0.15) is 12.7 Å². The van der Waals surface area contributed by atoms with E-state index in [2.05, 4.69) is 36.9 Å². The number of hydrogen-bond donors (Lipinski definition) is 1. The molecule has 0 aliphatic rings. The standard InChI is InChI=1S/C9H11N7S/c1-3-4-17-9-14-7(10-2)13-8(15-9)16-6-11-5-12-16/h3,5-6H,1,4H2,2H3,(H,10,13,14,15). The van der Waals surface area contributed by atoms with Crippen LogP contribution in [0.4, 0.5) is 5.95 Å². The van der Waals surface area contributed by atoms with Crippen LogP contribution < -0.4 is 5.32 Å². The average Bonchev–Trinajstić information content (AvgIpc) is 2.89. The molecule has 0 atom stereocenters. The molecule has 2 heterocycles. The summed E-state index contributed by atoms with van der Waals surface area (Å²) in [5.41, 5.74) is 0. The summed E-state index contributed by atoms with van der Waals surface area (Å²) < 4.78 is 1.49. The SMILES string of the molecule is C=CCSc1nc(NC)nc(-n2cncn2)n1. The van der Waals surface area contributed by atoms with Gasteiger partial charge in [0.05, 0.1) is 0 Å². The first-order valence-electron chi connectivity index (χ1n) is 4.86. The highest BCUT2D eigenvalue weighted by Crippen LogP contribution is 2.15. The van der Waals surface area contributed by atoms with Gasteiger partial charge in [-0.3, -0.25) is 0 Å². The predicted octanol–water partition coefficient (Wildman–Crippen LogP) is 0.772. The Bertz CT molecular complexity index is 496. The van der Waals surface area contributed by atoms with E-state index in [1.807, 2.05) is 0 Å². The van der Waals surface area contributed by atoms with E-state index in [1.165, 1.54) is 29.1 Å². The molecular formula is C9H11N7S. The number of aromatic nitrogens is 6. The molecule has 0 aliphatic carbocycles. The van der Waals surface area contributed by atoms with Crippen LogP contribution in [0, 0.1) is 0 Å². The van der Waals surface area contributed by atoms with Crippen LogP contribution in [0.5, 0.6) is 0 Å². The van der Waals surface area contributed by atoms with Gasteiger partial charge in [-0.1, -0.05) is 17.8 Å². The van der Waals surface area contributed by atoms with E-state index in [4.69, 9.17) is 0 Å². The van der Waals surface area contributed by atoms with Gasteiger partial charge >= 0.3 is 0 Å². The summed E-state index contributed by atoms with van der Waals surface area (Å²) in [6, 6.07) is 0. The fourth-order valence-electron chi connectivity index (χ4n) is 1.07. The number of anilines is 1. The number of thioether (sulfide) groups is 1. The van der Waals surface area contributed by atoms with Crippen molar-refractivity contribution in [2.24, 2.45) is 0 Å². The molecule has 2 aromatic rings. The largest absolute Gasteiger partial charge is 0.357 e. The Kier molecular flexibility index (Phi) is 3.66. The lowest BCUT2D eigenvalue weighted by Gasteiger charge is -2.04. The molecule has 0 radical (unpaired) electrons. The molecule has 2 aromatic heterocycles. The molecule has 0 fully saturated rings. The molecule has 1 N–H and O–H groups in total. The highest BCUT2D eigenvalue weighted by molar-refractivity contribution is 7.99. The van der Waals surface area contributed by atoms with Gasteiger partial charge in [0.25, 0.3) is 5.95 Å². The van der Waals surface area contributed by atoms with E-state index >= 15 is 0 Å². The van der Waals surface area contributed by atoms with Crippen LogP contribution in [0.25, 0.3) is 5.95 Å². The Balaban J connectivity index is 2.35. The maximum atomic E-state index is 4.27. The first-order valence-corrected chi connectivity index (χ1v) is 5.84. The van der Waals surface area contributed by atoms with Crippen molar-refractivity contribution in [3.05, 3.63) is 25.3 Å². The summed E-state index contributed by atoms with van der Waals surface area (Å²) >= 11 is 1.48. The Morgan fingerprint density at radius 1 is 1.47 bits per heavy atom. The van der Waals surface area contributed by atoms with E-state index < -0.39 is 0 Å². The lowest BCUT2D eigenvalue weighted by molar-refractivity contribution is 0.761. The maximum absolute atomic E-state index is 4.27. The second-order valence-corrected chi connectivity index (χ2v) is 3.92. The Labute approximate surface area is 102 Å². The first kappa shape index (κ1) is 11.5. The maximum Gasteiger partial charge on any atom is 0.257 e. The van der Waals surface area contributed by atoms with Crippen molar-refractivity contribution in [3.63, 3.8) is 0 Å². The minimum absolute atomic E-state index is 0.438. The highest BCUT2D eigenvalue weighted by atomic mass is 32.2. The van der Waals surface area contributed by atoms with Crippen molar-refractivity contribution in [1.29, 1.82) is 0 Å². The molecule has 17 heavy (non-hydrogen) atoms. The van der Waals surface area contributed by atoms with Crippen molar-refractivity contribution in [2.45, 2.75) is 5.16 Å². The van der Waals surface area contributed by atoms with Gasteiger partial charge in [-0.25, -0.2) is 4.98 Å². The van der Waals surface area contributed by atoms with E-state index in [0.29, 0.717) is 17.1 Å². The molecule has 0 aromatic carbocycles. The number of hydrogen-bond acceptors (Lipinski definition) is 7. The summed E-state index contributed by atoms with van der Waals surface area (Å²) in [4.78, 5) is 16.5. The number of nitrogens with one attached hydrogen (secondary N) is 1. The van der Waals surface area contributed by atoms with Gasteiger partial charge in [-0.15, -0.1) is 6.58 Å². The molecule has 7 nitrogen and oxygen atoms in total. The zero-order valence-electron chi connectivity index (χ0n) is 9.24. The summed E-state index contributed by atoms with van der Waals surface area (Å²) in [5.74, 6) is 1.68. The Morgan fingerprint density at radius 2 is 2.35 bits per heavy atom. The van der Waals surface area contributed by atoms with Crippen LogP contribution in [0.15, 0.2) is 30.5 Å². The van der Waals surface area contributed by atoms with Crippen molar-refractivity contribution in [3.8, 4) is 5.95 Å². The van der Waals surface area contributed by atoms with Gasteiger partial charge in [-0.05, 0) is 0 Å². The van der Waals surface area contributed by atoms with Crippen LogP contribution in [-0.4, -0.2) is 42.5 Å². The summed E-state index contributed by atoms with van der Waals surface area (Å²) in [5, 5.41) is 7.48. The Morgan fingerprint density at radius 3 is 3.00 bits per heavy atom. The average molecular weight is 249 g/mol. The van der Waals surface area contributed by atoms with Gasteiger partial charge in [0.2, 0.25) is 5.95 Å². The van der Waals surface area contributed by atoms with Gasteiger partial charge in [-0.2, -0.15) is 24.7 Å². The molecule has 0 amide bonds. The van der Waals surface area contributed by atoms with Crippen molar-refractivity contribution in [1.82, 2.24) is 29.7 Å². The monoisotopic (exact) mass is 249 g/mol. The van der Waals surface area contributed by atoms with Gasteiger partial charge < -0.3 is 5.32 Å². The zero-order valence-corrected chi connectivity index (χ0v) is 10.1. The quantitative estimate of drug-likeness (QED) is 0.619. The third-order valence-corrected chi connectivity index (χ3v) is 2.62. The summed E-state index contributed by atoms with van der Waals surface area (Å²) in [6.45, 7) is 3.66. The fourth-order valence-corrected chi connectivity index (χ4v) is 1.63. The topological polar surface area (TPSA) is 81.4 Å². The molecule has 0 aliphatic heterocycles. The van der Waals surface area contributed by atoms with Crippen LogP contribution >= 0.6 is 11.8 Å². The summed E-state index contributed by atoms with van der Waals surface area (Å²) in [7, 11) is 1.75. The molecule has 2 rings (SSSR count). The second-order valence-electron chi connectivity index (χ2n) is 2.93. The van der Waals surface area contributed by atoms with Crippen LogP contribution in [0.1, 0.15) is 0 Å². The third kappa shape index (κ3) is 2.78. The smallest absolute Gasteiger partial charge is 0.257 e. The minimum Gasteiger partial charge on any atom is -0.357 e. The van der Waals surface area contributed by atoms with Crippen LogP contribution in [0.2, 0.25) is 0 Å². The molecule has 8 heteroatoms. The lowest BCUT2D eigenvalue weighted by atomic mass is 10.8. The summed E-state index contributed by atoms with van der Waals surface area (Å²) in [6.07, 6.45) is 4.76. The van der Waals surface area contributed by atoms with Crippen LogP contribution in [-0.2, 0) is 0 Å². The lowest BCUT2D eigenvalue weighted by Crippen LogP contribution is -2.07. The molecule has 0 saturated carbocycles. The normalized spacial score (nSPS) is 10.2. The molecule has 0 spiro atoms. The second kappa shape index (κ2) is 5.39. The zero-order chi connectivity index (χ0) is 12.1. The molecule has 88 valence electrons. The number of nitrogens with zero attached hydrogens (tertiary/aromatic N) is 6. The Hall–Kier alpha value is -1.96. The van der Waals surface area contributed by atoms with Gasteiger partial charge in [0, 0.05) is 12.8 Å². The molecular weight excluding hydrogens is 238 g/mol. The first-order chi connectivity index (χ1) is 8.33. The van der Waals surface area contributed by atoms with E-state index in [-0.39, 0.29) is 0 Å². The minimum atomic E-state index is 0.438. The number of rotatable bonds is 5. The van der Waals surface area contributed by atoms with Crippen molar-refractivity contribution >= 4 is 17.7 Å². The van der Waals surface area contributed by atoms with E-state index in [0.717, 1.165) is 5.75 Å². The third-order valence-electron chi connectivity index (χ3n) is 1.78. The van der Waals surface area contributed by atoms with E-state index in [1.54, 1.807) is 13.1 Å². The molecule has 0 bridgehead atoms. The van der Waals surface area contributed by atoms with Crippen molar-refractivity contribution in [2.75, 3.05) is 18.1 Å². The van der Waals surface area contributed by atoms with E-state index in [9.17, 15) is 0 Å². The fraction of sp³-hybridized carbons (Fsp3) is 0.222. The van der Waals surface area contributed by atoms with Crippen molar-refractivity contribution < 1.29 is 0 Å².